The van der Waals surface area contributed by atoms with Crippen LogP contribution >= 0.6 is 0 Å². The summed E-state index contributed by atoms with van der Waals surface area (Å²) >= 11 is 0. The second-order valence-electron chi connectivity index (χ2n) is 7.59. The van der Waals surface area contributed by atoms with E-state index in [1.165, 1.54) is 0 Å². The minimum Gasteiger partial charge on any atom is -0.507 e. The van der Waals surface area contributed by atoms with Crippen molar-refractivity contribution in [1.29, 1.82) is 0 Å². The lowest BCUT2D eigenvalue weighted by Crippen LogP contribution is -2.45. The predicted molar refractivity (Wildman–Crippen MR) is 96.7 cm³/mol. The van der Waals surface area contributed by atoms with Crippen molar-refractivity contribution in [3.8, 4) is 11.5 Å². The molecule has 1 heterocycles. The van der Waals surface area contributed by atoms with Gasteiger partial charge in [-0.2, -0.15) is 0 Å². The lowest BCUT2D eigenvalue weighted by molar-refractivity contribution is 0.0100. The molecule has 132 valence electrons. The van der Waals surface area contributed by atoms with Crippen LogP contribution in [0.15, 0.2) is 23.8 Å². The van der Waals surface area contributed by atoms with Crippen LogP contribution < -0.4 is 4.74 Å². The zero-order valence-electron chi connectivity index (χ0n) is 17.6. The van der Waals surface area contributed by atoms with Crippen molar-refractivity contribution in [3.63, 3.8) is 0 Å². The van der Waals surface area contributed by atoms with E-state index in [0.29, 0.717) is 18.6 Å². The third-order valence-corrected chi connectivity index (χ3v) is 5.50. The van der Waals surface area contributed by atoms with E-state index in [1.807, 2.05) is 6.07 Å². The van der Waals surface area contributed by atoms with Crippen molar-refractivity contribution in [2.24, 2.45) is 5.92 Å². The molecule has 2 atom stereocenters. The lowest BCUT2D eigenvalue weighted by atomic mass is 9.68. The predicted octanol–water partition coefficient (Wildman–Crippen LogP) is 4.71. The van der Waals surface area contributed by atoms with Crippen molar-refractivity contribution in [2.45, 2.75) is 70.7 Å². The fraction of sp³-hybridized carbons (Fsp3) is 0.619. The number of fused-ring (bicyclic) bond motifs is 3. The van der Waals surface area contributed by atoms with Crippen molar-refractivity contribution < 1.29 is 19.1 Å². The highest BCUT2D eigenvalue weighted by Gasteiger charge is 2.45. The standard InChI is InChI=1S/C21H30O3/c1-4-5-6-7-14-11-18(23)20-16-10-15(13-22)8-9-17(16)21(2,3)24-19(20)12-14/h10-12,16-17,22-23H,4-9,13H2,1-3H3/i1D3. The zero-order valence-corrected chi connectivity index (χ0v) is 14.6. The number of aryl methyl sites for hydroxylation is 1. The van der Waals surface area contributed by atoms with Crippen molar-refractivity contribution in [1.82, 2.24) is 0 Å². The number of hydrogen-bond donors (Lipinski definition) is 2. The van der Waals surface area contributed by atoms with E-state index < -0.39 is 6.85 Å². The number of aliphatic hydroxyl groups is 1. The molecule has 0 saturated heterocycles. The molecular weight excluding hydrogens is 300 g/mol. The molecular formula is C21H30O3. The van der Waals surface area contributed by atoms with Gasteiger partial charge in [-0.3, -0.25) is 0 Å². The number of allylic oxidation sites excluding steroid dienone is 1. The summed E-state index contributed by atoms with van der Waals surface area (Å²) in [6.45, 7) is 2.36. The molecule has 0 amide bonds. The molecule has 3 rings (SSSR count). The Kier molecular flexibility index (Phi) is 3.90. The average Bonchev–Trinajstić information content (AvgIpc) is 2.56. The third kappa shape index (κ3) is 3.19. The molecule has 2 unspecified atom stereocenters. The molecule has 0 spiro atoms. The van der Waals surface area contributed by atoms with Crippen LogP contribution in [0.1, 0.15) is 74.0 Å². The summed E-state index contributed by atoms with van der Waals surface area (Å²) in [6, 6.07) is 3.78. The number of ether oxygens (including phenoxy) is 1. The molecule has 1 aromatic carbocycles. The van der Waals surface area contributed by atoms with Crippen molar-refractivity contribution in [3.05, 3.63) is 34.9 Å². The summed E-state index contributed by atoms with van der Waals surface area (Å²) in [5, 5.41) is 20.3. The van der Waals surface area contributed by atoms with Gasteiger partial charge in [0.25, 0.3) is 0 Å². The first kappa shape index (κ1) is 13.8. The maximum atomic E-state index is 10.7. The van der Waals surface area contributed by atoms with Crippen molar-refractivity contribution >= 4 is 0 Å². The van der Waals surface area contributed by atoms with Gasteiger partial charge in [0.1, 0.15) is 17.1 Å². The van der Waals surface area contributed by atoms with Gasteiger partial charge >= 0.3 is 0 Å². The number of unbranched alkanes of at least 4 members (excludes halogenated alkanes) is 1. The Hall–Kier alpha value is -1.48. The first-order chi connectivity index (χ1) is 12.6. The van der Waals surface area contributed by atoms with Crippen LogP contribution in [0.25, 0.3) is 0 Å². The van der Waals surface area contributed by atoms with Gasteiger partial charge in [-0.05, 0) is 62.8 Å². The molecule has 1 aliphatic heterocycles. The summed E-state index contributed by atoms with van der Waals surface area (Å²) in [5.74, 6) is 1.25. The van der Waals surface area contributed by atoms with E-state index >= 15 is 0 Å². The van der Waals surface area contributed by atoms with Gasteiger partial charge in [0.2, 0.25) is 0 Å². The number of phenolic OH excluding ortho intramolecular Hbond substituents is 1. The Morgan fingerprint density at radius 3 is 2.92 bits per heavy atom. The quantitative estimate of drug-likeness (QED) is 0.606. The number of aromatic hydroxyl groups is 1. The van der Waals surface area contributed by atoms with Crippen LogP contribution in [-0.2, 0) is 6.42 Å². The van der Waals surface area contributed by atoms with Gasteiger partial charge in [-0.1, -0.05) is 25.8 Å². The SMILES string of the molecule is [2H]C([2H])([2H])CCCCc1cc(O)c2c(c1)OC(C)(C)C1CCC(CO)=CC21. The van der Waals surface area contributed by atoms with Crippen LogP contribution in [0.4, 0.5) is 0 Å². The third-order valence-electron chi connectivity index (χ3n) is 5.50. The number of benzene rings is 1. The molecule has 2 aliphatic rings. The molecule has 0 radical (unpaired) electrons. The zero-order chi connectivity index (χ0) is 19.8. The summed E-state index contributed by atoms with van der Waals surface area (Å²) in [4.78, 5) is 0. The fourth-order valence-corrected chi connectivity index (χ4v) is 4.21. The van der Waals surface area contributed by atoms with E-state index in [0.717, 1.165) is 36.0 Å². The van der Waals surface area contributed by atoms with Crippen LogP contribution in [0.3, 0.4) is 0 Å². The van der Waals surface area contributed by atoms with E-state index in [-0.39, 0.29) is 36.2 Å². The van der Waals surface area contributed by atoms with Crippen molar-refractivity contribution in [2.75, 3.05) is 6.61 Å². The molecule has 1 aromatic rings. The largest absolute Gasteiger partial charge is 0.507 e. The first-order valence-electron chi connectivity index (χ1n) is 10.5. The van der Waals surface area contributed by atoms with Gasteiger partial charge in [0.15, 0.2) is 0 Å². The molecule has 0 saturated carbocycles. The number of hydrogen-bond acceptors (Lipinski definition) is 3. The van der Waals surface area contributed by atoms with Crippen LogP contribution in [0.2, 0.25) is 0 Å². The summed E-state index contributed by atoms with van der Waals surface area (Å²) in [7, 11) is 0. The van der Waals surface area contributed by atoms with Gasteiger partial charge in [-0.25, -0.2) is 0 Å². The molecule has 24 heavy (non-hydrogen) atoms. The van der Waals surface area contributed by atoms with Crippen LogP contribution in [-0.4, -0.2) is 22.4 Å². The molecule has 2 N–H and O–H groups in total. The normalized spacial score (nSPS) is 27.0. The second-order valence-corrected chi connectivity index (χ2v) is 7.59. The number of rotatable bonds is 5. The highest BCUT2D eigenvalue weighted by molar-refractivity contribution is 5.54. The molecule has 0 fully saturated rings. The number of phenols is 1. The van der Waals surface area contributed by atoms with E-state index in [4.69, 9.17) is 8.85 Å². The summed E-state index contributed by atoms with van der Waals surface area (Å²) < 4.78 is 28.2. The Balaban J connectivity index is 1.84. The Morgan fingerprint density at radius 2 is 2.17 bits per heavy atom. The van der Waals surface area contributed by atoms with E-state index in [9.17, 15) is 10.2 Å². The Labute approximate surface area is 149 Å². The molecule has 3 heteroatoms. The Morgan fingerprint density at radius 1 is 1.33 bits per heavy atom. The van der Waals surface area contributed by atoms with Gasteiger partial charge in [0.05, 0.1) is 6.61 Å². The number of aliphatic hydroxyl groups excluding tert-OH is 1. The molecule has 0 aromatic heterocycles. The van der Waals surface area contributed by atoms with E-state index in [1.54, 1.807) is 6.07 Å². The van der Waals surface area contributed by atoms with Gasteiger partial charge in [0, 0.05) is 21.5 Å². The van der Waals surface area contributed by atoms with Crippen LogP contribution in [0.5, 0.6) is 11.5 Å². The Bertz CT molecular complexity index is 722. The second kappa shape index (κ2) is 6.79. The maximum Gasteiger partial charge on any atom is 0.127 e. The highest BCUT2D eigenvalue weighted by atomic mass is 16.5. The minimum atomic E-state index is -1.88. The summed E-state index contributed by atoms with van der Waals surface area (Å²) in [5.41, 5.74) is 2.46. The lowest BCUT2D eigenvalue weighted by Gasteiger charge is -2.46. The fourth-order valence-electron chi connectivity index (χ4n) is 4.21. The van der Waals surface area contributed by atoms with Gasteiger partial charge < -0.3 is 14.9 Å². The first-order valence-corrected chi connectivity index (χ1v) is 8.96. The van der Waals surface area contributed by atoms with Crippen LogP contribution in [0, 0.1) is 5.92 Å². The maximum absolute atomic E-state index is 10.7. The molecule has 0 bridgehead atoms. The summed E-state index contributed by atoms with van der Waals surface area (Å²) in [6.07, 6.45) is 6.22. The minimum absolute atomic E-state index is 0.0456. The highest BCUT2D eigenvalue weighted by Crippen LogP contribution is 2.53. The van der Waals surface area contributed by atoms with E-state index in [2.05, 4.69) is 19.9 Å². The topological polar surface area (TPSA) is 49.7 Å². The molecule has 3 nitrogen and oxygen atoms in total. The average molecular weight is 333 g/mol. The monoisotopic (exact) mass is 333 g/mol. The molecule has 1 aliphatic carbocycles. The smallest absolute Gasteiger partial charge is 0.127 e. The van der Waals surface area contributed by atoms with Gasteiger partial charge in [-0.15, -0.1) is 0 Å².